The van der Waals surface area contributed by atoms with Crippen LogP contribution in [-0.4, -0.2) is 27.0 Å². The van der Waals surface area contributed by atoms with Crippen molar-refractivity contribution in [1.29, 1.82) is 0 Å². The average molecular weight is 427 g/mol. The van der Waals surface area contributed by atoms with Crippen LogP contribution in [-0.2, 0) is 11.2 Å². The fraction of sp³-hybridized carbons (Fsp3) is 0.0952. The van der Waals surface area contributed by atoms with E-state index in [1.807, 2.05) is 23.6 Å². The van der Waals surface area contributed by atoms with Crippen LogP contribution in [0.15, 0.2) is 60.0 Å². The third-order valence-corrected chi connectivity index (χ3v) is 5.44. The number of halogens is 2. The van der Waals surface area contributed by atoms with Crippen molar-refractivity contribution in [1.82, 2.24) is 19.9 Å². The molecule has 8 heteroatoms. The predicted octanol–water partition coefficient (Wildman–Crippen LogP) is 4.62. The van der Waals surface area contributed by atoms with Gasteiger partial charge in [0.1, 0.15) is 5.82 Å². The number of thiazole rings is 1. The van der Waals surface area contributed by atoms with Gasteiger partial charge in [-0.25, -0.2) is 8.91 Å². The summed E-state index contributed by atoms with van der Waals surface area (Å²) in [6.45, 7) is 0.451. The smallest absolute Gasteiger partial charge is 0.244 e. The molecule has 1 N–H and O–H groups in total. The number of hydrogen-bond donors (Lipinski definition) is 1. The molecule has 0 bridgehead atoms. The molecule has 0 spiro atoms. The van der Waals surface area contributed by atoms with Crippen LogP contribution in [0.3, 0.4) is 0 Å². The molecule has 4 aromatic rings. The van der Waals surface area contributed by atoms with Crippen LogP contribution in [0.4, 0.5) is 4.39 Å². The predicted molar refractivity (Wildman–Crippen MR) is 113 cm³/mol. The van der Waals surface area contributed by atoms with Crippen molar-refractivity contribution in [3.05, 3.63) is 82.1 Å². The largest absolute Gasteiger partial charge is 0.352 e. The third-order valence-electron chi connectivity index (χ3n) is 4.23. The summed E-state index contributed by atoms with van der Waals surface area (Å²) in [5, 5.41) is 9.87. The van der Waals surface area contributed by atoms with Gasteiger partial charge < -0.3 is 5.32 Å². The minimum atomic E-state index is -0.326. The van der Waals surface area contributed by atoms with E-state index in [-0.39, 0.29) is 11.7 Å². The lowest BCUT2D eigenvalue weighted by molar-refractivity contribution is -0.116. The number of benzene rings is 2. The van der Waals surface area contributed by atoms with E-state index < -0.39 is 0 Å². The van der Waals surface area contributed by atoms with Crippen molar-refractivity contribution in [2.24, 2.45) is 0 Å². The molecule has 0 unspecified atom stereocenters. The molecule has 4 rings (SSSR count). The Morgan fingerprint density at radius 2 is 2.10 bits per heavy atom. The number of fused-ring (bicyclic) bond motifs is 1. The lowest BCUT2D eigenvalue weighted by Gasteiger charge is -2.02. The molecule has 0 radical (unpaired) electrons. The summed E-state index contributed by atoms with van der Waals surface area (Å²) < 4.78 is 15.2. The minimum Gasteiger partial charge on any atom is -0.352 e. The second kappa shape index (κ2) is 8.55. The van der Waals surface area contributed by atoms with E-state index >= 15 is 0 Å². The molecule has 0 saturated heterocycles. The summed E-state index contributed by atoms with van der Waals surface area (Å²) in [7, 11) is 0. The van der Waals surface area contributed by atoms with E-state index in [4.69, 9.17) is 11.6 Å². The Balaban J connectivity index is 1.38. The normalized spacial score (nSPS) is 11.4. The molecule has 29 heavy (non-hydrogen) atoms. The van der Waals surface area contributed by atoms with Gasteiger partial charge in [-0.05, 0) is 29.8 Å². The fourth-order valence-electron chi connectivity index (χ4n) is 2.79. The first kappa shape index (κ1) is 19.3. The first-order valence-electron chi connectivity index (χ1n) is 8.90. The van der Waals surface area contributed by atoms with E-state index in [1.165, 1.54) is 29.5 Å². The molecule has 146 valence electrons. The van der Waals surface area contributed by atoms with Crippen LogP contribution in [0.2, 0.25) is 5.02 Å². The molecular weight excluding hydrogens is 411 g/mol. The lowest BCUT2D eigenvalue weighted by Crippen LogP contribution is -2.23. The molecule has 5 nitrogen and oxygen atoms in total. The highest BCUT2D eigenvalue weighted by Crippen LogP contribution is 2.21. The van der Waals surface area contributed by atoms with Gasteiger partial charge in [0.15, 0.2) is 5.82 Å². The zero-order valence-electron chi connectivity index (χ0n) is 15.2. The van der Waals surface area contributed by atoms with E-state index in [1.54, 1.807) is 28.8 Å². The van der Waals surface area contributed by atoms with Crippen LogP contribution in [0.1, 0.15) is 11.3 Å². The summed E-state index contributed by atoms with van der Waals surface area (Å²) in [6.07, 6.45) is 3.74. The van der Waals surface area contributed by atoms with Crippen LogP contribution in [0.25, 0.3) is 22.4 Å². The van der Waals surface area contributed by atoms with Crippen molar-refractivity contribution in [2.75, 3.05) is 6.54 Å². The lowest BCUT2D eigenvalue weighted by atomic mass is 10.2. The monoisotopic (exact) mass is 426 g/mol. The van der Waals surface area contributed by atoms with Crippen molar-refractivity contribution in [3.8, 4) is 11.4 Å². The first-order valence-corrected chi connectivity index (χ1v) is 10.2. The standard InChI is InChI=1S/C21H16ClFN4OS/c22-18-7-2-1-4-14(18)8-9-19(28)24-11-10-17-13-29-21-25-20(26-27(17)21)15-5-3-6-16(23)12-15/h1-9,12-13H,10-11H2,(H,24,28). The van der Waals surface area contributed by atoms with Gasteiger partial charge in [0.2, 0.25) is 10.9 Å². The number of hydrogen-bond acceptors (Lipinski definition) is 4. The van der Waals surface area contributed by atoms with Crippen LogP contribution >= 0.6 is 22.9 Å². The molecule has 1 amide bonds. The highest BCUT2D eigenvalue weighted by atomic mass is 35.5. The molecule has 2 heterocycles. The second-order valence-corrected chi connectivity index (χ2v) is 7.51. The van der Waals surface area contributed by atoms with Gasteiger partial charge >= 0.3 is 0 Å². The van der Waals surface area contributed by atoms with Gasteiger partial charge in [-0.15, -0.1) is 16.4 Å². The molecular formula is C21H16ClFN4OS. The molecule has 0 fully saturated rings. The topological polar surface area (TPSA) is 59.3 Å². The van der Waals surface area contributed by atoms with Gasteiger partial charge in [-0.3, -0.25) is 4.79 Å². The van der Waals surface area contributed by atoms with Crippen molar-refractivity contribution < 1.29 is 9.18 Å². The highest BCUT2D eigenvalue weighted by molar-refractivity contribution is 7.15. The zero-order valence-corrected chi connectivity index (χ0v) is 16.8. The first-order chi connectivity index (χ1) is 14.1. The average Bonchev–Trinajstić information content (AvgIpc) is 3.29. The summed E-state index contributed by atoms with van der Waals surface area (Å²) in [6, 6.07) is 13.5. The van der Waals surface area contributed by atoms with Crippen LogP contribution in [0.5, 0.6) is 0 Å². The SMILES string of the molecule is O=C(C=Cc1ccccc1Cl)NCCc1csc2nc(-c3cccc(F)c3)nn12. The maximum absolute atomic E-state index is 13.4. The van der Waals surface area contributed by atoms with Gasteiger partial charge in [-0.2, -0.15) is 4.98 Å². The van der Waals surface area contributed by atoms with E-state index in [9.17, 15) is 9.18 Å². The summed E-state index contributed by atoms with van der Waals surface area (Å²) >= 11 is 7.53. The van der Waals surface area contributed by atoms with E-state index in [0.29, 0.717) is 29.4 Å². The summed E-state index contributed by atoms with van der Waals surface area (Å²) in [4.78, 5) is 17.2. The summed E-state index contributed by atoms with van der Waals surface area (Å²) in [5.74, 6) is -0.0480. The number of nitrogens with zero attached hydrogens (tertiary/aromatic N) is 3. The molecule has 0 aliphatic rings. The quantitative estimate of drug-likeness (QED) is 0.457. The van der Waals surface area contributed by atoms with E-state index in [0.717, 1.165) is 16.2 Å². The van der Waals surface area contributed by atoms with Crippen LogP contribution < -0.4 is 5.32 Å². The number of aromatic nitrogens is 3. The van der Waals surface area contributed by atoms with Crippen molar-refractivity contribution >= 4 is 39.9 Å². The Bertz CT molecular complexity index is 1200. The number of carbonyl (C=O) groups excluding carboxylic acids is 1. The highest BCUT2D eigenvalue weighted by Gasteiger charge is 2.12. The number of carbonyl (C=O) groups is 1. The van der Waals surface area contributed by atoms with Crippen molar-refractivity contribution in [2.45, 2.75) is 6.42 Å². The Morgan fingerprint density at radius 3 is 2.93 bits per heavy atom. The Labute approximate surface area is 175 Å². The number of nitrogens with one attached hydrogen (secondary N) is 1. The second-order valence-electron chi connectivity index (χ2n) is 6.26. The molecule has 2 aromatic heterocycles. The molecule has 0 saturated carbocycles. The van der Waals surface area contributed by atoms with Gasteiger partial charge in [0, 0.05) is 35.0 Å². The number of amides is 1. The molecule has 0 aliphatic carbocycles. The zero-order chi connectivity index (χ0) is 20.2. The number of rotatable bonds is 6. The van der Waals surface area contributed by atoms with Gasteiger partial charge in [-0.1, -0.05) is 41.9 Å². The Morgan fingerprint density at radius 1 is 1.24 bits per heavy atom. The van der Waals surface area contributed by atoms with Crippen LogP contribution in [0, 0.1) is 5.82 Å². The third kappa shape index (κ3) is 4.52. The van der Waals surface area contributed by atoms with E-state index in [2.05, 4.69) is 15.4 Å². The summed E-state index contributed by atoms with van der Waals surface area (Å²) in [5.41, 5.74) is 2.34. The molecule has 0 atom stereocenters. The Hall–Kier alpha value is -3.03. The minimum absolute atomic E-state index is 0.199. The maximum Gasteiger partial charge on any atom is 0.244 e. The van der Waals surface area contributed by atoms with Gasteiger partial charge in [0.25, 0.3) is 0 Å². The van der Waals surface area contributed by atoms with Crippen molar-refractivity contribution in [3.63, 3.8) is 0 Å². The molecule has 0 aliphatic heterocycles. The fourth-order valence-corrected chi connectivity index (χ4v) is 3.85. The van der Waals surface area contributed by atoms with Gasteiger partial charge in [0.05, 0.1) is 5.69 Å². The Kier molecular flexibility index (Phi) is 5.69. The molecule has 2 aromatic carbocycles. The maximum atomic E-state index is 13.4.